The minimum absolute atomic E-state index is 0.161. The van der Waals surface area contributed by atoms with Gasteiger partial charge in [-0.2, -0.15) is 13.2 Å². The summed E-state index contributed by atoms with van der Waals surface area (Å²) in [5, 5.41) is 7.00. The van der Waals surface area contributed by atoms with Gasteiger partial charge in [0.2, 0.25) is 0 Å². The molecular weight excluding hydrogens is 427 g/mol. The second-order valence-electron chi connectivity index (χ2n) is 8.09. The van der Waals surface area contributed by atoms with Crippen LogP contribution in [0, 0.1) is 0 Å². The van der Waals surface area contributed by atoms with Gasteiger partial charge in [0.05, 0.1) is 5.69 Å². The fourth-order valence-corrected chi connectivity index (χ4v) is 3.05. The Morgan fingerprint density at radius 3 is 2.31 bits per heavy atom. The smallest absolute Gasteiger partial charge is 0.430 e. The largest absolute Gasteiger partial charge is 0.444 e. The van der Waals surface area contributed by atoms with Crippen molar-refractivity contribution in [3.05, 3.63) is 41.6 Å². The summed E-state index contributed by atoms with van der Waals surface area (Å²) in [6.45, 7) is 6.52. The van der Waals surface area contributed by atoms with E-state index in [1.165, 1.54) is 0 Å². The lowest BCUT2D eigenvalue weighted by atomic mass is 9.89. The van der Waals surface area contributed by atoms with Crippen LogP contribution in [0.4, 0.5) is 23.7 Å². The normalized spacial score (nSPS) is 16.2. The first kappa shape index (κ1) is 27.2. The van der Waals surface area contributed by atoms with Crippen LogP contribution in [0.2, 0.25) is 0 Å². The number of aliphatic hydroxyl groups excluding tert-OH is 1. The second-order valence-corrected chi connectivity index (χ2v) is 8.09. The van der Waals surface area contributed by atoms with E-state index in [1.54, 1.807) is 23.1 Å². The van der Waals surface area contributed by atoms with Gasteiger partial charge in [0.15, 0.2) is 6.29 Å². The minimum Gasteiger partial charge on any atom is -0.444 e. The van der Waals surface area contributed by atoms with Crippen molar-refractivity contribution in [1.82, 2.24) is 4.90 Å². The highest BCUT2D eigenvalue weighted by molar-refractivity contribution is 6.34. The third kappa shape index (κ3) is 8.70. The van der Waals surface area contributed by atoms with Gasteiger partial charge < -0.3 is 20.5 Å². The lowest BCUT2D eigenvalue weighted by Crippen LogP contribution is -2.41. The number of aliphatic imine (C=N–C) groups is 1. The van der Waals surface area contributed by atoms with E-state index in [-0.39, 0.29) is 18.3 Å². The number of alkyl halides is 3. The molecule has 1 aromatic carbocycles. The molecule has 1 aliphatic heterocycles. The van der Waals surface area contributed by atoms with Crippen LogP contribution in [0.3, 0.4) is 0 Å². The molecule has 178 valence electrons. The number of carbonyl (C=O) groups is 2. The Morgan fingerprint density at radius 2 is 1.81 bits per heavy atom. The molecule has 2 rings (SSSR count). The van der Waals surface area contributed by atoms with Crippen molar-refractivity contribution < 1.29 is 32.6 Å². The molecule has 0 spiro atoms. The molecule has 3 N–H and O–H groups in total. The number of benzene rings is 1. The Balaban J connectivity index is 0.00000249. The van der Waals surface area contributed by atoms with Crippen LogP contribution >= 0.6 is 0 Å². The first-order valence-corrected chi connectivity index (χ1v) is 10.00. The number of carbonyl (C=O) groups excluding carboxylic acids is 2. The van der Waals surface area contributed by atoms with Crippen molar-refractivity contribution in [1.29, 1.82) is 0 Å². The van der Waals surface area contributed by atoms with Crippen molar-refractivity contribution in [3.63, 3.8) is 0 Å². The number of nitrogens with zero attached hydrogens (tertiary/aromatic N) is 2. The number of amides is 1. The van der Waals surface area contributed by atoms with E-state index >= 15 is 0 Å². The molecule has 0 unspecified atom stereocenters. The van der Waals surface area contributed by atoms with E-state index < -0.39 is 23.2 Å². The lowest BCUT2D eigenvalue weighted by molar-refractivity contribution is -0.102. The maximum Gasteiger partial charge on any atom is 0.430 e. The Labute approximate surface area is 185 Å². The Bertz CT molecular complexity index is 838. The van der Waals surface area contributed by atoms with Crippen molar-refractivity contribution in [3.8, 4) is 0 Å². The Kier molecular flexibility index (Phi) is 9.89. The van der Waals surface area contributed by atoms with Gasteiger partial charge in [-0.1, -0.05) is 12.1 Å². The molecule has 1 saturated heterocycles. The predicted octanol–water partition coefficient (Wildman–Crippen LogP) is 4.09. The molecule has 1 fully saturated rings. The number of ether oxygens (including phenoxy) is 1. The fourth-order valence-electron chi connectivity index (χ4n) is 3.05. The maximum absolute atomic E-state index is 12.6. The van der Waals surface area contributed by atoms with Gasteiger partial charge in [0, 0.05) is 20.2 Å². The predicted molar refractivity (Wildman–Crippen MR) is 116 cm³/mol. The van der Waals surface area contributed by atoms with Crippen LogP contribution in [0.15, 0.2) is 41.0 Å². The number of likely N-dealkylation sites (tertiary alicyclic amines) is 1. The Morgan fingerprint density at radius 1 is 1.22 bits per heavy atom. The molecule has 0 aliphatic carbocycles. The van der Waals surface area contributed by atoms with Crippen LogP contribution in [-0.4, -0.2) is 60.1 Å². The van der Waals surface area contributed by atoms with E-state index in [9.17, 15) is 22.8 Å². The number of halogens is 3. The third-order valence-electron chi connectivity index (χ3n) is 4.50. The van der Waals surface area contributed by atoms with Crippen LogP contribution < -0.4 is 5.73 Å². The number of hydrogen-bond acceptors (Lipinski definition) is 6. The van der Waals surface area contributed by atoms with Gasteiger partial charge in [-0.25, -0.2) is 9.79 Å². The summed E-state index contributed by atoms with van der Waals surface area (Å²) in [6, 6.07) is 6.95. The monoisotopic (exact) mass is 457 g/mol. The van der Waals surface area contributed by atoms with E-state index in [1.807, 2.05) is 26.8 Å². The number of piperidine rings is 1. The molecule has 0 saturated carbocycles. The first-order chi connectivity index (χ1) is 14.9. The highest BCUT2D eigenvalue weighted by Gasteiger charge is 2.31. The highest BCUT2D eigenvalue weighted by Crippen LogP contribution is 2.31. The van der Waals surface area contributed by atoms with Crippen molar-refractivity contribution in [2.45, 2.75) is 51.3 Å². The maximum atomic E-state index is 12.6. The number of aldehydes is 1. The van der Waals surface area contributed by atoms with E-state index in [0.717, 1.165) is 12.7 Å². The van der Waals surface area contributed by atoms with Gasteiger partial charge in [0.1, 0.15) is 17.0 Å². The van der Waals surface area contributed by atoms with Crippen LogP contribution in [-0.2, 0) is 9.53 Å². The van der Waals surface area contributed by atoms with Gasteiger partial charge in [0.25, 0.3) is 0 Å². The van der Waals surface area contributed by atoms with Gasteiger partial charge >= 0.3 is 12.3 Å². The summed E-state index contributed by atoms with van der Waals surface area (Å²) in [5.74, 6) is 0.161. The topological polar surface area (TPSA) is 105 Å². The number of aliphatic hydroxyl groups is 1. The van der Waals surface area contributed by atoms with Crippen LogP contribution in [0.25, 0.3) is 0 Å². The molecule has 7 nitrogen and oxygen atoms in total. The standard InChI is InChI=1S/C21H26F3N3O3.CH4O/c1-20(2,3)30-19(29)27-9-7-14(8-10-27)15-5-4-6-16(11-15)26-17(13-28)12-18(25)21(22,23)24;1-2/h4-6,11-14H,7-10,25H2,1-3H3;2H,1H3/b18-12-,26-17?;. The average Bonchev–Trinajstić information content (AvgIpc) is 2.73. The SMILES string of the molecule is CC(C)(C)OC(=O)N1CCC(c2cccc(N=C(C=O)/C=C(\N)C(F)(F)F)c2)CC1.CO. The molecule has 1 aliphatic rings. The molecule has 1 heterocycles. The van der Waals surface area contributed by atoms with Crippen LogP contribution in [0.5, 0.6) is 0 Å². The zero-order valence-electron chi connectivity index (χ0n) is 18.6. The second kappa shape index (κ2) is 11.7. The zero-order chi connectivity index (χ0) is 24.5. The fraction of sp³-hybridized carbons (Fsp3) is 0.500. The number of hydrogen-bond donors (Lipinski definition) is 2. The molecule has 0 radical (unpaired) electrons. The quantitative estimate of drug-likeness (QED) is 0.524. The van der Waals surface area contributed by atoms with E-state index in [0.29, 0.717) is 37.7 Å². The van der Waals surface area contributed by atoms with Crippen molar-refractivity contribution in [2.24, 2.45) is 10.7 Å². The van der Waals surface area contributed by atoms with E-state index in [4.69, 9.17) is 15.6 Å². The number of nitrogens with two attached hydrogens (primary N) is 1. The average molecular weight is 457 g/mol. The number of allylic oxidation sites excluding steroid dienone is 2. The lowest BCUT2D eigenvalue weighted by Gasteiger charge is -2.33. The molecule has 10 heteroatoms. The molecule has 1 amide bonds. The highest BCUT2D eigenvalue weighted by atomic mass is 19.4. The van der Waals surface area contributed by atoms with Crippen molar-refractivity contribution >= 4 is 23.8 Å². The molecular formula is C22H30F3N3O4. The van der Waals surface area contributed by atoms with Gasteiger partial charge in [-0.05, 0) is 63.3 Å². The molecule has 0 atom stereocenters. The van der Waals surface area contributed by atoms with E-state index in [2.05, 4.69) is 4.99 Å². The first-order valence-electron chi connectivity index (χ1n) is 10.00. The molecule has 1 aromatic rings. The summed E-state index contributed by atoms with van der Waals surface area (Å²) >= 11 is 0. The summed E-state index contributed by atoms with van der Waals surface area (Å²) in [4.78, 5) is 28.9. The zero-order valence-corrected chi connectivity index (χ0v) is 18.6. The number of rotatable bonds is 4. The summed E-state index contributed by atoms with van der Waals surface area (Å²) in [7, 11) is 1.00. The summed E-state index contributed by atoms with van der Waals surface area (Å²) in [6.07, 6.45) is -2.90. The Hall–Kier alpha value is -2.88. The minimum atomic E-state index is -4.73. The summed E-state index contributed by atoms with van der Waals surface area (Å²) < 4.78 is 43.1. The van der Waals surface area contributed by atoms with Crippen molar-refractivity contribution in [2.75, 3.05) is 20.2 Å². The molecule has 0 bridgehead atoms. The van der Waals surface area contributed by atoms with Gasteiger partial charge in [-0.3, -0.25) is 4.79 Å². The molecule has 32 heavy (non-hydrogen) atoms. The van der Waals surface area contributed by atoms with Gasteiger partial charge in [-0.15, -0.1) is 0 Å². The third-order valence-corrected chi connectivity index (χ3v) is 4.50. The van der Waals surface area contributed by atoms with Crippen LogP contribution in [0.1, 0.15) is 45.1 Å². The summed E-state index contributed by atoms with van der Waals surface area (Å²) in [5.41, 5.74) is 3.90. The molecule has 0 aromatic heterocycles.